The van der Waals surface area contributed by atoms with Gasteiger partial charge in [-0.3, -0.25) is 0 Å². The Labute approximate surface area is 130 Å². The molecule has 0 fully saturated rings. The zero-order chi connectivity index (χ0) is 14.5. The van der Waals surface area contributed by atoms with Crippen molar-refractivity contribution in [1.29, 1.82) is 0 Å². The molecule has 1 nitrogen and oxygen atoms in total. The van der Waals surface area contributed by atoms with Gasteiger partial charge in [-0.1, -0.05) is 35.9 Å². The Balaban J connectivity index is 2.01. The summed E-state index contributed by atoms with van der Waals surface area (Å²) in [6.07, 6.45) is 0.934. The fourth-order valence-corrected chi connectivity index (χ4v) is 3.21. The summed E-state index contributed by atoms with van der Waals surface area (Å²) in [6, 6.07) is 14.9. The van der Waals surface area contributed by atoms with Crippen LogP contribution in [0.15, 0.2) is 47.4 Å². The van der Waals surface area contributed by atoms with Crippen molar-refractivity contribution in [3.05, 3.63) is 64.2 Å². The average molecular weight is 306 g/mol. The Kier molecular flexibility index (Phi) is 5.53. The molecule has 3 heteroatoms. The normalized spacial score (nSPS) is 12.4. The van der Waals surface area contributed by atoms with E-state index in [1.807, 2.05) is 30.8 Å². The third-order valence-corrected chi connectivity index (χ3v) is 4.60. The van der Waals surface area contributed by atoms with Crippen LogP contribution in [-0.4, -0.2) is 6.04 Å². The van der Waals surface area contributed by atoms with Gasteiger partial charge in [-0.05, 0) is 55.2 Å². The fraction of sp³-hybridized carbons (Fsp3) is 0.294. The molecule has 0 radical (unpaired) electrons. The van der Waals surface area contributed by atoms with E-state index in [-0.39, 0.29) is 6.04 Å². The molecule has 0 saturated heterocycles. The second-order valence-corrected chi connectivity index (χ2v) is 6.65. The first-order valence-corrected chi connectivity index (χ1v) is 8.13. The summed E-state index contributed by atoms with van der Waals surface area (Å²) in [5, 5.41) is 0.787. The molecule has 2 N–H and O–H groups in total. The number of halogens is 1. The van der Waals surface area contributed by atoms with Gasteiger partial charge in [-0.2, -0.15) is 0 Å². The van der Waals surface area contributed by atoms with Crippen LogP contribution < -0.4 is 5.73 Å². The molecule has 1 unspecified atom stereocenters. The van der Waals surface area contributed by atoms with Gasteiger partial charge in [0.2, 0.25) is 0 Å². The summed E-state index contributed by atoms with van der Waals surface area (Å²) >= 11 is 7.76. The Morgan fingerprint density at radius 1 is 1.10 bits per heavy atom. The van der Waals surface area contributed by atoms with Crippen molar-refractivity contribution in [2.45, 2.75) is 37.0 Å². The van der Waals surface area contributed by atoms with Gasteiger partial charge in [0.25, 0.3) is 0 Å². The summed E-state index contributed by atoms with van der Waals surface area (Å²) in [5.41, 5.74) is 9.77. The minimum atomic E-state index is 0.210. The number of rotatable bonds is 5. The van der Waals surface area contributed by atoms with Crippen LogP contribution in [0.5, 0.6) is 0 Å². The van der Waals surface area contributed by atoms with Crippen molar-refractivity contribution in [3.63, 3.8) is 0 Å². The standard InChI is InChI=1S/C17H20ClNS/c1-12-9-15(10-13(2)19)5-8-17(12)20-11-14-3-6-16(18)7-4-14/h3-9,13H,10-11,19H2,1-2H3. The maximum atomic E-state index is 5.90. The maximum absolute atomic E-state index is 5.90. The van der Waals surface area contributed by atoms with Crippen molar-refractivity contribution in [2.75, 3.05) is 0 Å². The first-order chi connectivity index (χ1) is 9.54. The largest absolute Gasteiger partial charge is 0.328 e. The van der Waals surface area contributed by atoms with Gasteiger partial charge in [0, 0.05) is 21.7 Å². The lowest BCUT2D eigenvalue weighted by molar-refractivity contribution is 0.737. The second-order valence-electron chi connectivity index (χ2n) is 5.20. The molecule has 0 aromatic heterocycles. The Morgan fingerprint density at radius 2 is 1.75 bits per heavy atom. The summed E-state index contributed by atoms with van der Waals surface area (Å²) in [4.78, 5) is 1.33. The quantitative estimate of drug-likeness (QED) is 0.801. The van der Waals surface area contributed by atoms with Crippen LogP contribution in [0.1, 0.15) is 23.6 Å². The first-order valence-electron chi connectivity index (χ1n) is 6.77. The molecular formula is C17H20ClNS. The third-order valence-electron chi connectivity index (χ3n) is 3.10. The van der Waals surface area contributed by atoms with Gasteiger partial charge in [-0.25, -0.2) is 0 Å². The molecule has 2 aromatic carbocycles. The Morgan fingerprint density at radius 3 is 2.35 bits per heavy atom. The molecule has 1 atom stereocenters. The summed E-state index contributed by atoms with van der Waals surface area (Å²) in [7, 11) is 0. The molecule has 0 bridgehead atoms. The van der Waals surface area contributed by atoms with Gasteiger partial charge >= 0.3 is 0 Å². The zero-order valence-electron chi connectivity index (χ0n) is 11.9. The summed E-state index contributed by atoms with van der Waals surface area (Å²) in [6.45, 7) is 4.20. The zero-order valence-corrected chi connectivity index (χ0v) is 13.5. The number of nitrogens with two attached hydrogens (primary N) is 1. The van der Waals surface area contributed by atoms with E-state index in [1.165, 1.54) is 21.6 Å². The molecule has 2 aromatic rings. The van der Waals surface area contributed by atoms with Crippen molar-refractivity contribution in [1.82, 2.24) is 0 Å². The lowest BCUT2D eigenvalue weighted by atomic mass is 10.1. The van der Waals surface area contributed by atoms with Crippen molar-refractivity contribution >= 4 is 23.4 Å². The molecular weight excluding hydrogens is 286 g/mol. The maximum Gasteiger partial charge on any atom is 0.0406 e. The van der Waals surface area contributed by atoms with Crippen molar-refractivity contribution in [3.8, 4) is 0 Å². The smallest absolute Gasteiger partial charge is 0.0406 e. The molecule has 106 valence electrons. The average Bonchev–Trinajstić information content (AvgIpc) is 2.39. The first kappa shape index (κ1) is 15.4. The van der Waals surface area contributed by atoms with E-state index in [2.05, 4.69) is 37.3 Å². The predicted octanol–water partition coefficient (Wildman–Crippen LogP) is 4.83. The SMILES string of the molecule is Cc1cc(CC(C)N)ccc1SCc1ccc(Cl)cc1. The molecule has 0 spiro atoms. The number of hydrogen-bond acceptors (Lipinski definition) is 2. The van der Waals surface area contributed by atoms with E-state index in [9.17, 15) is 0 Å². The lowest BCUT2D eigenvalue weighted by Gasteiger charge is -2.10. The highest BCUT2D eigenvalue weighted by Gasteiger charge is 2.04. The predicted molar refractivity (Wildman–Crippen MR) is 89.5 cm³/mol. The van der Waals surface area contributed by atoms with Crippen molar-refractivity contribution < 1.29 is 0 Å². The van der Waals surface area contributed by atoms with E-state index in [0.717, 1.165) is 17.2 Å². The van der Waals surface area contributed by atoms with Crippen LogP contribution in [0.4, 0.5) is 0 Å². The van der Waals surface area contributed by atoms with Gasteiger partial charge < -0.3 is 5.73 Å². The van der Waals surface area contributed by atoms with Gasteiger partial charge in [-0.15, -0.1) is 11.8 Å². The van der Waals surface area contributed by atoms with Crippen LogP contribution in [0, 0.1) is 6.92 Å². The second kappa shape index (κ2) is 7.16. The highest BCUT2D eigenvalue weighted by Crippen LogP contribution is 2.27. The molecule has 2 rings (SSSR count). The van der Waals surface area contributed by atoms with E-state index >= 15 is 0 Å². The monoisotopic (exact) mass is 305 g/mol. The van der Waals surface area contributed by atoms with Crippen LogP contribution in [0.2, 0.25) is 5.02 Å². The Bertz CT molecular complexity index is 564. The minimum Gasteiger partial charge on any atom is -0.328 e. The molecule has 0 aliphatic rings. The highest BCUT2D eigenvalue weighted by molar-refractivity contribution is 7.98. The summed E-state index contributed by atoms with van der Waals surface area (Å²) < 4.78 is 0. The summed E-state index contributed by atoms with van der Waals surface area (Å²) in [5.74, 6) is 0.963. The number of benzene rings is 2. The number of thioether (sulfide) groups is 1. The van der Waals surface area contributed by atoms with E-state index < -0.39 is 0 Å². The van der Waals surface area contributed by atoms with Crippen LogP contribution >= 0.6 is 23.4 Å². The molecule has 0 amide bonds. The molecule has 20 heavy (non-hydrogen) atoms. The molecule has 0 aliphatic carbocycles. The third kappa shape index (κ3) is 4.55. The molecule has 0 aliphatic heterocycles. The topological polar surface area (TPSA) is 26.0 Å². The highest BCUT2D eigenvalue weighted by atomic mass is 35.5. The number of aryl methyl sites for hydroxylation is 1. The molecule has 0 saturated carbocycles. The van der Waals surface area contributed by atoms with Gasteiger partial charge in [0.1, 0.15) is 0 Å². The minimum absolute atomic E-state index is 0.210. The van der Waals surface area contributed by atoms with Gasteiger partial charge in [0.15, 0.2) is 0 Å². The fourth-order valence-electron chi connectivity index (χ4n) is 2.11. The Hall–Kier alpha value is -0.960. The van der Waals surface area contributed by atoms with E-state index in [0.29, 0.717) is 0 Å². The van der Waals surface area contributed by atoms with E-state index in [4.69, 9.17) is 17.3 Å². The molecule has 0 heterocycles. The van der Waals surface area contributed by atoms with Crippen LogP contribution in [0.25, 0.3) is 0 Å². The van der Waals surface area contributed by atoms with Gasteiger partial charge in [0.05, 0.1) is 0 Å². The van der Waals surface area contributed by atoms with E-state index in [1.54, 1.807) is 0 Å². The number of hydrogen-bond donors (Lipinski definition) is 1. The lowest BCUT2D eigenvalue weighted by Crippen LogP contribution is -2.17. The van der Waals surface area contributed by atoms with Crippen molar-refractivity contribution in [2.24, 2.45) is 5.73 Å². The van der Waals surface area contributed by atoms with Crippen LogP contribution in [0.3, 0.4) is 0 Å². The van der Waals surface area contributed by atoms with Crippen LogP contribution in [-0.2, 0) is 12.2 Å².